The van der Waals surface area contributed by atoms with Crippen LogP contribution in [0.4, 0.5) is 5.69 Å². The molecule has 2 N–H and O–H groups in total. The molecule has 1 amide bonds. The van der Waals surface area contributed by atoms with Gasteiger partial charge >= 0.3 is 0 Å². The number of carbonyl (C=O) groups is 1. The Kier molecular flexibility index (Phi) is 8.30. The number of amides is 1. The molecule has 0 atom stereocenters. The van der Waals surface area contributed by atoms with Gasteiger partial charge in [-0.2, -0.15) is 0 Å². The summed E-state index contributed by atoms with van der Waals surface area (Å²) in [4.78, 5) is 15.0. The first-order valence-electron chi connectivity index (χ1n) is 10.3. The summed E-state index contributed by atoms with van der Waals surface area (Å²) in [6, 6.07) is 12.9. The summed E-state index contributed by atoms with van der Waals surface area (Å²) in [6.07, 6.45) is 6.11. The molecule has 0 bridgehead atoms. The third kappa shape index (κ3) is 6.82. The van der Waals surface area contributed by atoms with Crippen LogP contribution >= 0.6 is 15.9 Å². The molecule has 0 radical (unpaired) electrons. The molecule has 0 saturated carbocycles. The van der Waals surface area contributed by atoms with Gasteiger partial charge < -0.3 is 10.2 Å². The first kappa shape index (κ1) is 22.8. The number of carbonyl (C=O) groups excluding carboxylic acids is 1. The lowest BCUT2D eigenvalue weighted by molar-refractivity contribution is 0.0951. The molecule has 2 aromatic rings. The fourth-order valence-electron chi connectivity index (χ4n) is 3.48. The molecule has 0 spiro atoms. The maximum atomic E-state index is 12.4. The van der Waals surface area contributed by atoms with Crippen LogP contribution in [0, 0.1) is 0 Å². The van der Waals surface area contributed by atoms with Crippen LogP contribution in [0.2, 0.25) is 0 Å². The highest BCUT2D eigenvalue weighted by Gasteiger charge is 2.14. The molecule has 0 unspecified atom stereocenters. The van der Waals surface area contributed by atoms with Gasteiger partial charge in [0, 0.05) is 22.3 Å². The molecular formula is C22H28BrN3O3S. The van der Waals surface area contributed by atoms with Crippen molar-refractivity contribution in [2.75, 3.05) is 30.9 Å². The quantitative estimate of drug-likeness (QED) is 0.538. The van der Waals surface area contributed by atoms with E-state index in [4.69, 9.17) is 0 Å². The average Bonchev–Trinajstić information content (AvgIpc) is 3.00. The van der Waals surface area contributed by atoms with E-state index in [1.807, 2.05) is 0 Å². The van der Waals surface area contributed by atoms with E-state index in [0.29, 0.717) is 17.8 Å². The number of sulfonamides is 1. The molecule has 1 aliphatic heterocycles. The van der Waals surface area contributed by atoms with Gasteiger partial charge in [-0.3, -0.25) is 9.52 Å². The normalized spacial score (nSPS) is 15.4. The first-order chi connectivity index (χ1) is 14.4. The van der Waals surface area contributed by atoms with E-state index in [-0.39, 0.29) is 10.8 Å². The van der Waals surface area contributed by atoms with Gasteiger partial charge in [-0.25, -0.2) is 8.42 Å². The molecule has 8 heteroatoms. The molecule has 1 aliphatic rings. The second-order valence-electron chi connectivity index (χ2n) is 7.50. The maximum absolute atomic E-state index is 12.4. The highest BCUT2D eigenvalue weighted by atomic mass is 79.9. The van der Waals surface area contributed by atoms with Crippen molar-refractivity contribution in [1.29, 1.82) is 0 Å². The fourth-order valence-corrected chi connectivity index (χ4v) is 4.81. The number of nitrogens with one attached hydrogen (secondary N) is 2. The van der Waals surface area contributed by atoms with Crippen LogP contribution < -0.4 is 10.0 Å². The molecule has 30 heavy (non-hydrogen) atoms. The Morgan fingerprint density at radius 3 is 2.20 bits per heavy atom. The van der Waals surface area contributed by atoms with Crippen LogP contribution in [0.5, 0.6) is 0 Å². The minimum atomic E-state index is -3.67. The van der Waals surface area contributed by atoms with Gasteiger partial charge in [0.05, 0.1) is 4.90 Å². The number of likely N-dealkylation sites (tertiary alicyclic amines) is 1. The van der Waals surface area contributed by atoms with Crippen molar-refractivity contribution in [1.82, 2.24) is 10.2 Å². The van der Waals surface area contributed by atoms with Crippen LogP contribution in [0.1, 0.15) is 42.5 Å². The van der Waals surface area contributed by atoms with Crippen LogP contribution in [-0.4, -0.2) is 45.4 Å². The van der Waals surface area contributed by atoms with E-state index < -0.39 is 10.0 Å². The Bertz CT molecular complexity index is 923. The van der Waals surface area contributed by atoms with Gasteiger partial charge in [0.25, 0.3) is 15.9 Å². The van der Waals surface area contributed by atoms with Gasteiger partial charge in [0.2, 0.25) is 0 Å². The van der Waals surface area contributed by atoms with Crippen molar-refractivity contribution in [3.05, 3.63) is 58.6 Å². The molecule has 1 fully saturated rings. The lowest BCUT2D eigenvalue weighted by Gasteiger charge is -2.19. The maximum Gasteiger partial charge on any atom is 0.261 e. The molecule has 0 aromatic heterocycles. The number of benzene rings is 2. The fraction of sp³-hybridized carbons (Fsp3) is 0.409. The van der Waals surface area contributed by atoms with Crippen molar-refractivity contribution in [2.24, 2.45) is 0 Å². The molecule has 3 rings (SSSR count). The summed E-state index contributed by atoms with van der Waals surface area (Å²) >= 11 is 3.29. The number of anilines is 1. The Hall–Kier alpha value is -1.90. The standard InChI is InChI=1S/C22H28BrN3O3S/c23-19-8-12-21(13-9-19)30(28,29)25-20-10-6-18(7-11-20)22(27)24-14-5-17-26-15-3-1-2-4-16-26/h6-13,25H,1-5,14-17H2,(H,24,27). The molecule has 162 valence electrons. The summed E-state index contributed by atoms with van der Waals surface area (Å²) in [5.74, 6) is -0.145. The van der Waals surface area contributed by atoms with Gasteiger partial charge in [0.1, 0.15) is 0 Å². The number of hydrogen-bond donors (Lipinski definition) is 2. The Labute approximate surface area is 187 Å². The Morgan fingerprint density at radius 2 is 1.57 bits per heavy atom. The lowest BCUT2D eigenvalue weighted by Crippen LogP contribution is -2.30. The Morgan fingerprint density at radius 1 is 0.933 bits per heavy atom. The zero-order valence-corrected chi connectivity index (χ0v) is 19.3. The predicted molar refractivity (Wildman–Crippen MR) is 123 cm³/mol. The molecule has 1 saturated heterocycles. The second kappa shape index (κ2) is 10.9. The van der Waals surface area contributed by atoms with E-state index in [1.54, 1.807) is 36.4 Å². The van der Waals surface area contributed by atoms with Gasteiger partial charge in [-0.1, -0.05) is 28.8 Å². The van der Waals surface area contributed by atoms with Crippen LogP contribution in [-0.2, 0) is 10.0 Å². The van der Waals surface area contributed by atoms with E-state index in [1.165, 1.54) is 37.8 Å². The largest absolute Gasteiger partial charge is 0.352 e. The van der Waals surface area contributed by atoms with E-state index >= 15 is 0 Å². The van der Waals surface area contributed by atoms with Crippen LogP contribution in [0.15, 0.2) is 57.9 Å². The first-order valence-corrected chi connectivity index (χ1v) is 12.6. The summed E-state index contributed by atoms with van der Waals surface area (Å²) in [7, 11) is -3.67. The monoisotopic (exact) mass is 493 g/mol. The Balaban J connectivity index is 1.47. The van der Waals surface area contributed by atoms with E-state index in [9.17, 15) is 13.2 Å². The number of nitrogens with zero attached hydrogens (tertiary/aromatic N) is 1. The summed E-state index contributed by atoms with van der Waals surface area (Å²) in [5.41, 5.74) is 0.923. The third-order valence-electron chi connectivity index (χ3n) is 5.16. The minimum Gasteiger partial charge on any atom is -0.352 e. The van der Waals surface area contributed by atoms with Crippen molar-refractivity contribution in [3.8, 4) is 0 Å². The highest BCUT2D eigenvalue weighted by molar-refractivity contribution is 9.10. The molecular weight excluding hydrogens is 466 g/mol. The summed E-state index contributed by atoms with van der Waals surface area (Å²) in [5, 5.41) is 2.94. The second-order valence-corrected chi connectivity index (χ2v) is 10.1. The highest BCUT2D eigenvalue weighted by Crippen LogP contribution is 2.19. The number of hydrogen-bond acceptors (Lipinski definition) is 4. The van der Waals surface area contributed by atoms with Crippen molar-refractivity contribution in [3.63, 3.8) is 0 Å². The van der Waals surface area contributed by atoms with E-state index in [2.05, 4.69) is 30.9 Å². The molecule has 2 aromatic carbocycles. The third-order valence-corrected chi connectivity index (χ3v) is 7.08. The zero-order chi connectivity index (χ0) is 21.4. The lowest BCUT2D eigenvalue weighted by atomic mass is 10.2. The van der Waals surface area contributed by atoms with Crippen molar-refractivity contribution < 1.29 is 13.2 Å². The van der Waals surface area contributed by atoms with Gasteiger partial charge in [-0.15, -0.1) is 0 Å². The molecule has 0 aliphatic carbocycles. The minimum absolute atomic E-state index is 0.145. The van der Waals surface area contributed by atoms with Crippen LogP contribution in [0.3, 0.4) is 0 Å². The van der Waals surface area contributed by atoms with Gasteiger partial charge in [-0.05, 0) is 87.4 Å². The predicted octanol–water partition coefficient (Wildman–Crippen LogP) is 4.25. The van der Waals surface area contributed by atoms with E-state index in [0.717, 1.165) is 30.5 Å². The van der Waals surface area contributed by atoms with Crippen molar-refractivity contribution in [2.45, 2.75) is 37.0 Å². The van der Waals surface area contributed by atoms with Gasteiger partial charge in [0.15, 0.2) is 0 Å². The van der Waals surface area contributed by atoms with Crippen molar-refractivity contribution >= 4 is 37.5 Å². The average molecular weight is 494 g/mol. The number of halogens is 1. The smallest absolute Gasteiger partial charge is 0.261 e. The SMILES string of the molecule is O=C(NCCCN1CCCCCC1)c1ccc(NS(=O)(=O)c2ccc(Br)cc2)cc1. The topological polar surface area (TPSA) is 78.5 Å². The molecule has 1 heterocycles. The molecule has 6 nitrogen and oxygen atoms in total. The van der Waals surface area contributed by atoms with Crippen LogP contribution in [0.25, 0.3) is 0 Å². The summed E-state index contributed by atoms with van der Waals surface area (Å²) < 4.78 is 28.2. The number of rotatable bonds is 8. The summed E-state index contributed by atoms with van der Waals surface area (Å²) in [6.45, 7) is 3.96. The zero-order valence-electron chi connectivity index (χ0n) is 16.9.